The lowest BCUT2D eigenvalue weighted by Crippen LogP contribution is -2.41. The Kier molecular flexibility index (Phi) is 6.23. The summed E-state index contributed by atoms with van der Waals surface area (Å²) in [4.78, 5) is 25.0. The maximum Gasteiger partial charge on any atom is 0.288 e. The van der Waals surface area contributed by atoms with E-state index >= 15 is 0 Å². The minimum atomic E-state index is -0.868. The Morgan fingerprint density at radius 1 is 0.897 bits per heavy atom. The zero-order valence-corrected chi connectivity index (χ0v) is 16.3. The lowest BCUT2D eigenvalue weighted by molar-refractivity contribution is 0.0853. The zero-order valence-electron chi connectivity index (χ0n) is 16.3. The number of rotatable bonds is 8. The van der Waals surface area contributed by atoms with Crippen molar-refractivity contribution in [2.24, 2.45) is 0 Å². The minimum Gasteiger partial charge on any atom is -0.493 e. The third-order valence-corrected chi connectivity index (χ3v) is 3.92. The summed E-state index contributed by atoms with van der Waals surface area (Å²) in [5.41, 5.74) is 0.581. The fourth-order valence-corrected chi connectivity index (χ4v) is 2.64. The molecule has 0 radical (unpaired) electrons. The molecular formula is C21H22N2O6. The van der Waals surface area contributed by atoms with Gasteiger partial charge in [0.15, 0.2) is 23.0 Å². The molecule has 0 bridgehead atoms. The molecule has 152 valence electrons. The van der Waals surface area contributed by atoms with Crippen molar-refractivity contribution in [2.75, 3.05) is 7.11 Å². The fourth-order valence-electron chi connectivity index (χ4n) is 2.64. The number of nitrogens with one attached hydrogen (secondary N) is 2. The van der Waals surface area contributed by atoms with E-state index in [1.54, 1.807) is 30.3 Å². The molecule has 29 heavy (non-hydrogen) atoms. The van der Waals surface area contributed by atoms with Gasteiger partial charge in [0.1, 0.15) is 6.17 Å². The van der Waals surface area contributed by atoms with Crippen LogP contribution in [0.3, 0.4) is 0 Å². The van der Waals surface area contributed by atoms with E-state index in [2.05, 4.69) is 10.6 Å². The van der Waals surface area contributed by atoms with Crippen LogP contribution >= 0.6 is 0 Å². The quantitative estimate of drug-likeness (QED) is 0.563. The van der Waals surface area contributed by atoms with Crippen LogP contribution in [0.2, 0.25) is 0 Å². The van der Waals surface area contributed by atoms with Gasteiger partial charge in [0, 0.05) is 0 Å². The van der Waals surface area contributed by atoms with E-state index in [1.165, 1.54) is 31.8 Å². The SMILES string of the molecule is COc1cc(C(NC(=O)c2ccco2)NC(=O)c2ccco2)ccc1OC(C)C. The largest absolute Gasteiger partial charge is 0.493 e. The van der Waals surface area contributed by atoms with E-state index in [1.807, 2.05) is 13.8 Å². The number of carbonyl (C=O) groups excluding carboxylic acids is 2. The average Bonchev–Trinajstić information content (AvgIpc) is 3.41. The van der Waals surface area contributed by atoms with Crippen LogP contribution in [0.25, 0.3) is 0 Å². The molecule has 0 aliphatic carbocycles. The van der Waals surface area contributed by atoms with Gasteiger partial charge in [-0.15, -0.1) is 0 Å². The Morgan fingerprint density at radius 3 is 1.93 bits per heavy atom. The smallest absolute Gasteiger partial charge is 0.288 e. The predicted octanol–water partition coefficient (Wildman–Crippen LogP) is 3.53. The highest BCUT2D eigenvalue weighted by atomic mass is 16.5. The molecule has 1 aromatic carbocycles. The number of furan rings is 2. The van der Waals surface area contributed by atoms with Crippen LogP contribution in [0.1, 0.15) is 46.7 Å². The first-order valence-corrected chi connectivity index (χ1v) is 9.01. The topological polar surface area (TPSA) is 103 Å². The minimum absolute atomic E-state index is 0.0390. The van der Waals surface area contributed by atoms with Crippen molar-refractivity contribution in [1.82, 2.24) is 10.6 Å². The molecule has 2 heterocycles. The Labute approximate surface area is 167 Å². The molecule has 2 amide bonds. The second-order valence-corrected chi connectivity index (χ2v) is 6.41. The number of ether oxygens (including phenoxy) is 2. The molecule has 0 saturated carbocycles. The van der Waals surface area contributed by atoms with Gasteiger partial charge in [-0.3, -0.25) is 9.59 Å². The standard InChI is InChI=1S/C21H22N2O6/c1-13(2)29-15-9-8-14(12-18(15)26-3)19(22-20(24)16-6-4-10-27-16)23-21(25)17-7-5-11-28-17/h4-13,19H,1-3H3,(H,22,24)(H,23,25). The Bertz CT molecular complexity index is 899. The maximum atomic E-state index is 12.5. The lowest BCUT2D eigenvalue weighted by Gasteiger charge is -2.21. The highest BCUT2D eigenvalue weighted by molar-refractivity contribution is 5.94. The molecule has 0 atom stereocenters. The molecule has 3 aromatic rings. The van der Waals surface area contributed by atoms with Gasteiger partial charge in [0.2, 0.25) is 0 Å². The van der Waals surface area contributed by atoms with Crippen LogP contribution in [-0.2, 0) is 0 Å². The summed E-state index contributed by atoms with van der Waals surface area (Å²) >= 11 is 0. The number of amides is 2. The van der Waals surface area contributed by atoms with Gasteiger partial charge < -0.3 is 28.9 Å². The number of hydrogen-bond acceptors (Lipinski definition) is 6. The summed E-state index contributed by atoms with van der Waals surface area (Å²) in [6.45, 7) is 3.81. The van der Waals surface area contributed by atoms with Gasteiger partial charge in [-0.2, -0.15) is 0 Å². The van der Waals surface area contributed by atoms with Crippen LogP contribution in [0.15, 0.2) is 63.8 Å². The first kappa shape index (κ1) is 20.1. The predicted molar refractivity (Wildman–Crippen MR) is 104 cm³/mol. The van der Waals surface area contributed by atoms with E-state index in [4.69, 9.17) is 18.3 Å². The maximum absolute atomic E-state index is 12.5. The van der Waals surface area contributed by atoms with E-state index in [0.717, 1.165) is 0 Å². The third-order valence-electron chi connectivity index (χ3n) is 3.92. The van der Waals surface area contributed by atoms with Gasteiger partial charge in [-0.1, -0.05) is 6.07 Å². The van der Waals surface area contributed by atoms with Crippen molar-refractivity contribution in [3.05, 3.63) is 72.1 Å². The summed E-state index contributed by atoms with van der Waals surface area (Å²) in [6, 6.07) is 11.4. The lowest BCUT2D eigenvalue weighted by atomic mass is 10.1. The number of carbonyl (C=O) groups is 2. The number of methoxy groups -OCH3 is 1. The van der Waals surface area contributed by atoms with Gasteiger partial charge in [-0.25, -0.2) is 0 Å². The Morgan fingerprint density at radius 2 is 1.48 bits per heavy atom. The monoisotopic (exact) mass is 398 g/mol. The molecule has 0 aliphatic heterocycles. The normalized spacial score (nSPS) is 10.8. The van der Waals surface area contributed by atoms with Crippen LogP contribution in [0.4, 0.5) is 0 Å². The molecule has 8 heteroatoms. The molecule has 0 fully saturated rings. The molecule has 2 aromatic heterocycles. The van der Waals surface area contributed by atoms with E-state index in [-0.39, 0.29) is 17.6 Å². The summed E-state index contributed by atoms with van der Waals surface area (Å²) in [5, 5.41) is 5.47. The molecule has 0 saturated heterocycles. The Hall–Kier alpha value is -3.68. The van der Waals surface area contributed by atoms with Crippen LogP contribution < -0.4 is 20.1 Å². The molecule has 0 spiro atoms. The molecule has 3 rings (SSSR count). The van der Waals surface area contributed by atoms with Gasteiger partial charge in [0.25, 0.3) is 11.8 Å². The van der Waals surface area contributed by atoms with Crippen molar-refractivity contribution < 1.29 is 27.9 Å². The van der Waals surface area contributed by atoms with E-state index < -0.39 is 18.0 Å². The van der Waals surface area contributed by atoms with Crippen molar-refractivity contribution in [3.63, 3.8) is 0 Å². The second-order valence-electron chi connectivity index (χ2n) is 6.41. The summed E-state index contributed by atoms with van der Waals surface area (Å²) in [7, 11) is 1.52. The summed E-state index contributed by atoms with van der Waals surface area (Å²) < 4.78 is 21.4. The Balaban J connectivity index is 1.89. The van der Waals surface area contributed by atoms with Crippen molar-refractivity contribution in [3.8, 4) is 11.5 Å². The first-order valence-electron chi connectivity index (χ1n) is 9.01. The van der Waals surface area contributed by atoms with Crippen molar-refractivity contribution >= 4 is 11.8 Å². The van der Waals surface area contributed by atoms with Gasteiger partial charge >= 0.3 is 0 Å². The fraction of sp³-hybridized carbons (Fsp3) is 0.238. The molecule has 0 aliphatic rings. The highest BCUT2D eigenvalue weighted by Gasteiger charge is 2.22. The van der Waals surface area contributed by atoms with Crippen LogP contribution in [0.5, 0.6) is 11.5 Å². The summed E-state index contributed by atoms with van der Waals surface area (Å²) in [5.74, 6) is 0.297. The number of benzene rings is 1. The molecule has 2 N–H and O–H groups in total. The van der Waals surface area contributed by atoms with Crippen LogP contribution in [0, 0.1) is 0 Å². The molecular weight excluding hydrogens is 376 g/mol. The zero-order chi connectivity index (χ0) is 20.8. The van der Waals surface area contributed by atoms with E-state index in [9.17, 15) is 9.59 Å². The van der Waals surface area contributed by atoms with Crippen molar-refractivity contribution in [2.45, 2.75) is 26.1 Å². The third kappa shape index (κ3) is 4.98. The first-order chi connectivity index (χ1) is 14.0. The van der Waals surface area contributed by atoms with Gasteiger partial charge in [-0.05, 0) is 55.8 Å². The van der Waals surface area contributed by atoms with E-state index in [0.29, 0.717) is 17.1 Å². The highest BCUT2D eigenvalue weighted by Crippen LogP contribution is 2.31. The second kappa shape index (κ2) is 9.01. The average molecular weight is 398 g/mol. The van der Waals surface area contributed by atoms with Crippen molar-refractivity contribution in [1.29, 1.82) is 0 Å². The number of hydrogen-bond donors (Lipinski definition) is 2. The molecule has 8 nitrogen and oxygen atoms in total. The van der Waals surface area contributed by atoms with Gasteiger partial charge in [0.05, 0.1) is 25.7 Å². The summed E-state index contributed by atoms with van der Waals surface area (Å²) in [6.07, 6.45) is 1.88. The molecule has 0 unspecified atom stereocenters. The van der Waals surface area contributed by atoms with Crippen LogP contribution in [-0.4, -0.2) is 25.0 Å².